The van der Waals surface area contributed by atoms with Crippen molar-refractivity contribution in [1.29, 1.82) is 0 Å². The molecule has 1 aliphatic heterocycles. The fourth-order valence-corrected chi connectivity index (χ4v) is 2.06. The third-order valence-corrected chi connectivity index (χ3v) is 3.45. The van der Waals surface area contributed by atoms with E-state index in [1.165, 1.54) is 0 Å². The zero-order chi connectivity index (χ0) is 13.8. The van der Waals surface area contributed by atoms with Gasteiger partial charge in [0.25, 0.3) is 0 Å². The van der Waals surface area contributed by atoms with E-state index in [1.54, 1.807) is 11.9 Å². The molecule has 0 aromatic rings. The standard InChI is InChI=1S/C13H24N2O3/c1-5-6-9-18-11(16)10-15-8-7-14(4)12(17)13(15,2)3/h5-10H2,1-4H3. The molecule has 1 aliphatic rings. The van der Waals surface area contributed by atoms with Crippen molar-refractivity contribution in [2.45, 2.75) is 39.2 Å². The third-order valence-electron chi connectivity index (χ3n) is 3.45. The van der Waals surface area contributed by atoms with Gasteiger partial charge in [0.15, 0.2) is 0 Å². The highest BCUT2D eigenvalue weighted by Gasteiger charge is 2.41. The Balaban J connectivity index is 2.51. The lowest BCUT2D eigenvalue weighted by Gasteiger charge is -2.44. The minimum Gasteiger partial charge on any atom is -0.465 e. The van der Waals surface area contributed by atoms with Crippen LogP contribution in [0.2, 0.25) is 0 Å². The molecule has 18 heavy (non-hydrogen) atoms. The predicted molar refractivity (Wildman–Crippen MR) is 69.2 cm³/mol. The lowest BCUT2D eigenvalue weighted by molar-refractivity contribution is -0.154. The number of amides is 1. The van der Waals surface area contributed by atoms with Gasteiger partial charge in [0.2, 0.25) is 5.91 Å². The summed E-state index contributed by atoms with van der Waals surface area (Å²) in [6.45, 7) is 7.78. The molecule has 104 valence electrons. The summed E-state index contributed by atoms with van der Waals surface area (Å²) in [4.78, 5) is 27.3. The van der Waals surface area contributed by atoms with Crippen LogP contribution in [0, 0.1) is 0 Å². The smallest absolute Gasteiger partial charge is 0.320 e. The first-order valence-electron chi connectivity index (χ1n) is 6.55. The molecule has 1 amide bonds. The van der Waals surface area contributed by atoms with Crippen LogP contribution in [0.4, 0.5) is 0 Å². The lowest BCUT2D eigenvalue weighted by Crippen LogP contribution is -2.62. The number of rotatable bonds is 5. The van der Waals surface area contributed by atoms with Gasteiger partial charge in [0, 0.05) is 20.1 Å². The summed E-state index contributed by atoms with van der Waals surface area (Å²) in [5, 5.41) is 0. The molecule has 0 unspecified atom stereocenters. The van der Waals surface area contributed by atoms with Gasteiger partial charge in [-0.25, -0.2) is 0 Å². The molecule has 0 radical (unpaired) electrons. The molecule has 0 aromatic carbocycles. The first kappa shape index (κ1) is 15.0. The first-order valence-corrected chi connectivity index (χ1v) is 6.55. The lowest BCUT2D eigenvalue weighted by atomic mass is 9.98. The van der Waals surface area contributed by atoms with Gasteiger partial charge in [-0.15, -0.1) is 0 Å². The van der Waals surface area contributed by atoms with Crippen molar-refractivity contribution in [1.82, 2.24) is 9.80 Å². The maximum atomic E-state index is 12.0. The van der Waals surface area contributed by atoms with Crippen molar-refractivity contribution in [3.05, 3.63) is 0 Å². The minimum absolute atomic E-state index is 0.0510. The maximum absolute atomic E-state index is 12.0. The summed E-state index contributed by atoms with van der Waals surface area (Å²) in [6.07, 6.45) is 1.89. The number of carbonyl (C=O) groups excluding carboxylic acids is 2. The molecular formula is C13H24N2O3. The van der Waals surface area contributed by atoms with Crippen molar-refractivity contribution >= 4 is 11.9 Å². The fourth-order valence-electron chi connectivity index (χ4n) is 2.06. The molecule has 0 atom stereocenters. The van der Waals surface area contributed by atoms with E-state index in [0.717, 1.165) is 12.8 Å². The molecule has 5 heteroatoms. The Bertz CT molecular complexity index is 315. The van der Waals surface area contributed by atoms with E-state index < -0.39 is 5.54 Å². The van der Waals surface area contributed by atoms with Gasteiger partial charge in [-0.2, -0.15) is 0 Å². The van der Waals surface area contributed by atoms with E-state index >= 15 is 0 Å². The molecule has 0 N–H and O–H groups in total. The van der Waals surface area contributed by atoms with Gasteiger partial charge in [-0.3, -0.25) is 14.5 Å². The van der Waals surface area contributed by atoms with E-state index in [2.05, 4.69) is 6.92 Å². The topological polar surface area (TPSA) is 49.9 Å². The second kappa shape index (κ2) is 6.18. The number of nitrogens with zero attached hydrogens (tertiary/aromatic N) is 2. The largest absolute Gasteiger partial charge is 0.465 e. The Morgan fingerprint density at radius 1 is 1.39 bits per heavy atom. The average molecular weight is 256 g/mol. The molecule has 1 rings (SSSR count). The van der Waals surface area contributed by atoms with E-state index in [4.69, 9.17) is 4.74 Å². The van der Waals surface area contributed by atoms with Crippen LogP contribution < -0.4 is 0 Å². The SMILES string of the molecule is CCCCOC(=O)CN1CCN(C)C(=O)C1(C)C. The van der Waals surface area contributed by atoms with Crippen LogP contribution >= 0.6 is 0 Å². The van der Waals surface area contributed by atoms with Crippen molar-refractivity contribution in [3.63, 3.8) is 0 Å². The number of unbranched alkanes of at least 4 members (excludes halogenated alkanes) is 1. The molecule has 0 aromatic heterocycles. The number of ether oxygens (including phenoxy) is 1. The first-order chi connectivity index (χ1) is 8.39. The molecule has 0 bridgehead atoms. The number of hydrogen-bond acceptors (Lipinski definition) is 4. The minimum atomic E-state index is -0.628. The summed E-state index contributed by atoms with van der Waals surface area (Å²) in [5.74, 6) is -0.191. The molecule has 1 saturated heterocycles. The van der Waals surface area contributed by atoms with Crippen molar-refractivity contribution in [2.24, 2.45) is 0 Å². The Morgan fingerprint density at radius 3 is 2.67 bits per heavy atom. The van der Waals surface area contributed by atoms with E-state index in [1.807, 2.05) is 18.7 Å². The molecule has 1 fully saturated rings. The highest BCUT2D eigenvalue weighted by molar-refractivity contribution is 5.86. The van der Waals surface area contributed by atoms with Gasteiger partial charge < -0.3 is 9.64 Å². The van der Waals surface area contributed by atoms with Gasteiger partial charge in [-0.05, 0) is 20.3 Å². The van der Waals surface area contributed by atoms with Gasteiger partial charge in [0.05, 0.1) is 18.7 Å². The summed E-state index contributed by atoms with van der Waals surface area (Å²) in [5.41, 5.74) is -0.628. The molecule has 0 saturated carbocycles. The maximum Gasteiger partial charge on any atom is 0.320 e. The monoisotopic (exact) mass is 256 g/mol. The number of esters is 1. The Labute approximate surface area is 109 Å². The van der Waals surface area contributed by atoms with Crippen LogP contribution in [0.1, 0.15) is 33.6 Å². The molecular weight excluding hydrogens is 232 g/mol. The van der Waals surface area contributed by atoms with Crippen LogP contribution in [-0.2, 0) is 14.3 Å². The Kier molecular flexibility index (Phi) is 5.14. The quantitative estimate of drug-likeness (QED) is 0.541. The van der Waals surface area contributed by atoms with Gasteiger partial charge in [0.1, 0.15) is 0 Å². The van der Waals surface area contributed by atoms with Crippen molar-refractivity contribution in [2.75, 3.05) is 33.3 Å². The van der Waals surface area contributed by atoms with Crippen LogP contribution in [0.5, 0.6) is 0 Å². The van der Waals surface area contributed by atoms with Crippen LogP contribution in [-0.4, -0.2) is 60.5 Å². The predicted octanol–water partition coefficient (Wildman–Crippen LogP) is 0.882. The van der Waals surface area contributed by atoms with Crippen LogP contribution in [0.25, 0.3) is 0 Å². The molecule has 0 spiro atoms. The highest BCUT2D eigenvalue weighted by Crippen LogP contribution is 2.21. The molecule has 0 aliphatic carbocycles. The fraction of sp³-hybridized carbons (Fsp3) is 0.846. The second-order valence-corrected chi connectivity index (χ2v) is 5.28. The van der Waals surface area contributed by atoms with Crippen molar-refractivity contribution < 1.29 is 14.3 Å². The van der Waals surface area contributed by atoms with Crippen LogP contribution in [0.3, 0.4) is 0 Å². The Hall–Kier alpha value is -1.10. The zero-order valence-corrected chi connectivity index (χ0v) is 11.9. The van der Waals surface area contributed by atoms with E-state index in [9.17, 15) is 9.59 Å². The normalized spacial score (nSPS) is 20.0. The summed E-state index contributed by atoms with van der Waals surface area (Å²) < 4.78 is 5.14. The third kappa shape index (κ3) is 3.45. The van der Waals surface area contributed by atoms with Crippen LogP contribution in [0.15, 0.2) is 0 Å². The van der Waals surface area contributed by atoms with E-state index in [0.29, 0.717) is 19.7 Å². The second-order valence-electron chi connectivity index (χ2n) is 5.28. The van der Waals surface area contributed by atoms with Gasteiger partial charge in [-0.1, -0.05) is 13.3 Å². The molecule has 5 nitrogen and oxygen atoms in total. The highest BCUT2D eigenvalue weighted by atomic mass is 16.5. The van der Waals surface area contributed by atoms with E-state index in [-0.39, 0.29) is 18.4 Å². The van der Waals surface area contributed by atoms with Gasteiger partial charge >= 0.3 is 5.97 Å². The zero-order valence-electron chi connectivity index (χ0n) is 11.9. The average Bonchev–Trinajstić information content (AvgIpc) is 2.31. The Morgan fingerprint density at radius 2 is 2.06 bits per heavy atom. The summed E-state index contributed by atoms with van der Waals surface area (Å²) in [7, 11) is 1.79. The number of likely N-dealkylation sites (N-methyl/N-ethyl adjacent to an activating group) is 1. The number of carbonyl (C=O) groups is 2. The van der Waals surface area contributed by atoms with Crippen molar-refractivity contribution in [3.8, 4) is 0 Å². The number of hydrogen-bond donors (Lipinski definition) is 0. The number of piperazine rings is 1. The molecule has 1 heterocycles. The summed E-state index contributed by atoms with van der Waals surface area (Å²) in [6, 6.07) is 0. The summed E-state index contributed by atoms with van der Waals surface area (Å²) >= 11 is 0.